The van der Waals surface area contributed by atoms with Gasteiger partial charge in [-0.3, -0.25) is 9.78 Å². The highest BCUT2D eigenvalue weighted by molar-refractivity contribution is 7.14. The van der Waals surface area contributed by atoms with Gasteiger partial charge in [0.25, 0.3) is 5.91 Å². The Bertz CT molecular complexity index is 1030. The fraction of sp³-hybridized carbons (Fsp3) is 0.364. The highest BCUT2D eigenvalue weighted by Gasteiger charge is 2.40. The molecule has 1 fully saturated rings. The number of hydrogen-bond donors (Lipinski definition) is 2. The number of halogens is 2. The maximum absolute atomic E-state index is 12.9. The lowest BCUT2D eigenvalue weighted by Gasteiger charge is -2.40. The molecule has 1 amide bonds. The van der Waals surface area contributed by atoms with Crippen LogP contribution in [0.3, 0.4) is 0 Å². The van der Waals surface area contributed by atoms with Crippen LogP contribution in [-0.4, -0.2) is 30.6 Å². The fourth-order valence-electron chi connectivity index (χ4n) is 4.34. The van der Waals surface area contributed by atoms with E-state index in [0.29, 0.717) is 6.54 Å². The molecule has 0 bridgehead atoms. The van der Waals surface area contributed by atoms with E-state index in [4.69, 9.17) is 4.74 Å². The van der Waals surface area contributed by atoms with Crippen molar-refractivity contribution in [2.24, 2.45) is 0 Å². The van der Waals surface area contributed by atoms with Gasteiger partial charge in [0.1, 0.15) is 0 Å². The van der Waals surface area contributed by atoms with Crippen molar-refractivity contribution < 1.29 is 9.53 Å². The molecule has 1 spiro atoms. The number of carbonyl (C=O) groups excluding carboxylic acids is 1. The third-order valence-electron chi connectivity index (χ3n) is 5.82. The zero-order valence-corrected chi connectivity index (χ0v) is 18.9. The summed E-state index contributed by atoms with van der Waals surface area (Å²) in [6.07, 6.45) is 4.64. The number of hydrogen-bond acceptors (Lipinski definition) is 5. The number of nitrogens with one attached hydrogen (secondary N) is 2. The van der Waals surface area contributed by atoms with Crippen molar-refractivity contribution in [1.82, 2.24) is 15.6 Å². The first-order valence-electron chi connectivity index (χ1n) is 9.84. The lowest BCUT2D eigenvalue weighted by atomic mass is 9.83. The van der Waals surface area contributed by atoms with Crippen LogP contribution in [0.15, 0.2) is 42.6 Å². The number of piperidine rings is 1. The van der Waals surface area contributed by atoms with Gasteiger partial charge in [-0.25, -0.2) is 0 Å². The molecule has 0 saturated carbocycles. The molecule has 0 radical (unpaired) electrons. The van der Waals surface area contributed by atoms with E-state index in [-0.39, 0.29) is 36.3 Å². The summed E-state index contributed by atoms with van der Waals surface area (Å²) in [7, 11) is 0. The van der Waals surface area contributed by atoms with E-state index in [1.165, 1.54) is 10.4 Å². The minimum atomic E-state index is -0.199. The topological polar surface area (TPSA) is 63.2 Å². The third-order valence-corrected chi connectivity index (χ3v) is 7.01. The molecule has 2 N–H and O–H groups in total. The predicted octanol–water partition coefficient (Wildman–Crippen LogP) is 4.22. The monoisotopic (exact) mass is 465 g/mol. The van der Waals surface area contributed by atoms with Gasteiger partial charge in [0, 0.05) is 29.4 Å². The molecule has 2 aromatic heterocycles. The molecule has 1 saturated heterocycles. The molecule has 2 aliphatic rings. The Morgan fingerprint density at radius 2 is 2.00 bits per heavy atom. The number of nitrogens with zero attached hydrogens (tertiary/aromatic N) is 1. The molecule has 0 aliphatic carbocycles. The molecule has 30 heavy (non-hydrogen) atoms. The van der Waals surface area contributed by atoms with Crippen molar-refractivity contribution in [3.8, 4) is 0 Å². The van der Waals surface area contributed by atoms with Crippen molar-refractivity contribution in [2.45, 2.75) is 31.4 Å². The molecule has 4 heterocycles. The first-order chi connectivity index (χ1) is 13.8. The smallest absolute Gasteiger partial charge is 0.261 e. The van der Waals surface area contributed by atoms with Gasteiger partial charge in [0.15, 0.2) is 0 Å². The first kappa shape index (κ1) is 23.0. The van der Waals surface area contributed by atoms with Crippen LogP contribution in [0.4, 0.5) is 0 Å². The zero-order chi connectivity index (χ0) is 19.0. The van der Waals surface area contributed by atoms with Crippen LogP contribution in [-0.2, 0) is 23.3 Å². The van der Waals surface area contributed by atoms with Crippen LogP contribution in [0.2, 0.25) is 0 Å². The Morgan fingerprint density at radius 3 is 2.83 bits per heavy atom. The Morgan fingerprint density at radius 1 is 1.20 bits per heavy atom. The Hall–Kier alpha value is -1.70. The molecule has 3 aromatic rings. The molecular weight excluding hydrogens is 441 g/mol. The zero-order valence-electron chi connectivity index (χ0n) is 16.5. The summed E-state index contributed by atoms with van der Waals surface area (Å²) in [5.74, 6) is -0.00984. The fourth-order valence-corrected chi connectivity index (χ4v) is 5.49. The van der Waals surface area contributed by atoms with Crippen molar-refractivity contribution in [3.05, 3.63) is 63.5 Å². The lowest BCUT2D eigenvalue weighted by Crippen LogP contribution is -2.44. The molecule has 0 unspecified atom stereocenters. The van der Waals surface area contributed by atoms with E-state index in [1.807, 2.05) is 30.3 Å². The van der Waals surface area contributed by atoms with Crippen LogP contribution in [0, 0.1) is 0 Å². The molecular formula is C22H25Cl2N3O2S. The number of benzene rings is 1. The summed E-state index contributed by atoms with van der Waals surface area (Å²) in [5, 5.41) is 7.59. The van der Waals surface area contributed by atoms with E-state index in [9.17, 15) is 4.79 Å². The van der Waals surface area contributed by atoms with Gasteiger partial charge in [0.05, 0.1) is 22.6 Å². The van der Waals surface area contributed by atoms with Crippen LogP contribution in [0.1, 0.15) is 38.5 Å². The Kier molecular flexibility index (Phi) is 7.37. The largest absolute Gasteiger partial charge is 0.370 e. The molecule has 8 heteroatoms. The molecule has 160 valence electrons. The summed E-state index contributed by atoms with van der Waals surface area (Å²) in [4.78, 5) is 19.4. The van der Waals surface area contributed by atoms with E-state index < -0.39 is 0 Å². The lowest BCUT2D eigenvalue weighted by molar-refractivity contribution is -0.0792. The normalized spacial score (nSPS) is 16.9. The Labute approximate surface area is 192 Å². The van der Waals surface area contributed by atoms with E-state index in [0.717, 1.165) is 60.3 Å². The standard InChI is InChI=1S/C22H23N3O2S.2ClH/c26-21(25-14-15-5-9-24-18-4-2-1-3-16(15)18)20-13-17-19(28-20)6-12-27-22(17)7-10-23-11-8-22;;/h1-5,9,13,23H,6-8,10-12,14H2,(H,25,26);2*1H. The molecule has 5 rings (SSSR count). The van der Waals surface area contributed by atoms with Gasteiger partial charge >= 0.3 is 0 Å². The maximum Gasteiger partial charge on any atom is 0.261 e. The van der Waals surface area contributed by atoms with Crippen LogP contribution < -0.4 is 10.6 Å². The minimum absolute atomic E-state index is 0. The van der Waals surface area contributed by atoms with Crippen molar-refractivity contribution >= 4 is 53.0 Å². The minimum Gasteiger partial charge on any atom is -0.370 e. The summed E-state index contributed by atoms with van der Waals surface area (Å²) in [5.41, 5.74) is 3.07. The number of carbonyl (C=O) groups is 1. The summed E-state index contributed by atoms with van der Waals surface area (Å²) in [6, 6.07) is 12.1. The summed E-state index contributed by atoms with van der Waals surface area (Å²) in [6.45, 7) is 3.17. The van der Waals surface area contributed by atoms with E-state index in [2.05, 4.69) is 21.7 Å². The number of amides is 1. The average Bonchev–Trinajstić information content (AvgIpc) is 3.19. The van der Waals surface area contributed by atoms with Gasteiger partial charge in [0.2, 0.25) is 0 Å². The number of aromatic nitrogens is 1. The van der Waals surface area contributed by atoms with Crippen molar-refractivity contribution in [1.29, 1.82) is 0 Å². The quantitative estimate of drug-likeness (QED) is 0.607. The highest BCUT2D eigenvalue weighted by atomic mass is 35.5. The maximum atomic E-state index is 12.9. The van der Waals surface area contributed by atoms with Gasteiger partial charge < -0.3 is 15.4 Å². The van der Waals surface area contributed by atoms with Gasteiger partial charge in [-0.05, 0) is 55.3 Å². The molecule has 2 aliphatic heterocycles. The molecule has 5 nitrogen and oxygen atoms in total. The molecule has 0 atom stereocenters. The second-order valence-corrected chi connectivity index (χ2v) is 8.60. The first-order valence-corrected chi connectivity index (χ1v) is 10.7. The highest BCUT2D eigenvalue weighted by Crippen LogP contribution is 2.43. The second-order valence-electron chi connectivity index (χ2n) is 7.46. The number of rotatable bonds is 3. The number of pyridine rings is 1. The Balaban J connectivity index is 0.00000128. The second kappa shape index (κ2) is 9.62. The van der Waals surface area contributed by atoms with Crippen LogP contribution >= 0.6 is 36.2 Å². The summed E-state index contributed by atoms with van der Waals surface area (Å²) < 4.78 is 6.23. The number of thiophene rings is 1. The van der Waals surface area contributed by atoms with Gasteiger partial charge in [-0.2, -0.15) is 0 Å². The SMILES string of the molecule is Cl.Cl.O=C(NCc1ccnc2ccccc12)c1cc2c(s1)CCOC21CCNCC1. The van der Waals surface area contributed by atoms with Crippen molar-refractivity contribution in [3.63, 3.8) is 0 Å². The number of para-hydroxylation sites is 1. The van der Waals surface area contributed by atoms with Crippen molar-refractivity contribution in [2.75, 3.05) is 19.7 Å². The average molecular weight is 466 g/mol. The summed E-state index contributed by atoms with van der Waals surface area (Å²) >= 11 is 1.63. The van der Waals surface area contributed by atoms with Gasteiger partial charge in [-0.15, -0.1) is 36.2 Å². The molecule has 1 aromatic carbocycles. The number of ether oxygens (including phenoxy) is 1. The predicted molar refractivity (Wildman–Crippen MR) is 125 cm³/mol. The van der Waals surface area contributed by atoms with Gasteiger partial charge in [-0.1, -0.05) is 18.2 Å². The number of fused-ring (bicyclic) bond motifs is 3. The van der Waals surface area contributed by atoms with E-state index >= 15 is 0 Å². The third kappa shape index (κ3) is 4.20. The van der Waals surface area contributed by atoms with Crippen LogP contribution in [0.25, 0.3) is 10.9 Å². The van der Waals surface area contributed by atoms with E-state index in [1.54, 1.807) is 17.5 Å². The van der Waals surface area contributed by atoms with Crippen LogP contribution in [0.5, 0.6) is 0 Å².